The maximum absolute atomic E-state index is 4.62. The van der Waals surface area contributed by atoms with Crippen LogP contribution in [0.5, 0.6) is 0 Å². The van der Waals surface area contributed by atoms with Gasteiger partial charge in [0, 0.05) is 23.3 Å². The van der Waals surface area contributed by atoms with Gasteiger partial charge >= 0.3 is 0 Å². The van der Waals surface area contributed by atoms with Crippen molar-refractivity contribution in [2.24, 2.45) is 0 Å². The maximum Gasteiger partial charge on any atom is 0.0766 e. The normalized spacial score (nSPS) is 15.0. The molecule has 0 spiro atoms. The van der Waals surface area contributed by atoms with Gasteiger partial charge in [0.1, 0.15) is 0 Å². The van der Waals surface area contributed by atoms with E-state index in [1.54, 1.807) is 0 Å². The maximum atomic E-state index is 4.62. The minimum absolute atomic E-state index is 0.725. The topological polar surface area (TPSA) is 29.9 Å². The third-order valence-corrected chi connectivity index (χ3v) is 3.70. The van der Waals surface area contributed by atoms with E-state index in [1.165, 1.54) is 18.4 Å². The molecule has 1 aromatic heterocycles. The molecular formula is C14H16BrN3. The summed E-state index contributed by atoms with van der Waals surface area (Å²) in [6, 6.07) is 9.06. The fourth-order valence-corrected chi connectivity index (χ4v) is 2.30. The van der Waals surface area contributed by atoms with E-state index in [0.29, 0.717) is 0 Å². The van der Waals surface area contributed by atoms with Gasteiger partial charge in [0.15, 0.2) is 0 Å². The fourth-order valence-electron chi connectivity index (χ4n) is 1.96. The van der Waals surface area contributed by atoms with Gasteiger partial charge in [0.2, 0.25) is 0 Å². The van der Waals surface area contributed by atoms with Crippen LogP contribution in [0.15, 0.2) is 34.9 Å². The van der Waals surface area contributed by atoms with Crippen LogP contribution in [0.4, 0.5) is 0 Å². The highest BCUT2D eigenvalue weighted by Crippen LogP contribution is 2.21. The number of hydrogen-bond donors (Lipinski definition) is 1. The summed E-state index contributed by atoms with van der Waals surface area (Å²) in [4.78, 5) is 0. The molecular weight excluding hydrogens is 290 g/mol. The minimum Gasteiger partial charge on any atom is -0.308 e. The average molecular weight is 306 g/mol. The van der Waals surface area contributed by atoms with Gasteiger partial charge in [-0.15, -0.1) is 0 Å². The van der Waals surface area contributed by atoms with Crippen molar-refractivity contribution < 1.29 is 0 Å². The van der Waals surface area contributed by atoms with Gasteiger partial charge in [-0.05, 0) is 43.5 Å². The second-order valence-corrected chi connectivity index (χ2v) is 5.75. The number of rotatable bonds is 4. The molecule has 1 aliphatic carbocycles. The van der Waals surface area contributed by atoms with Crippen LogP contribution in [0, 0.1) is 6.92 Å². The van der Waals surface area contributed by atoms with Gasteiger partial charge in [-0.3, -0.25) is 0 Å². The lowest BCUT2D eigenvalue weighted by Gasteiger charge is -2.06. The van der Waals surface area contributed by atoms with Crippen LogP contribution in [0.25, 0.3) is 5.69 Å². The lowest BCUT2D eigenvalue weighted by Crippen LogP contribution is -2.15. The van der Waals surface area contributed by atoms with Crippen LogP contribution >= 0.6 is 15.9 Å². The number of aromatic nitrogens is 2. The predicted molar refractivity (Wildman–Crippen MR) is 75.9 cm³/mol. The number of nitrogens with one attached hydrogen (secondary N) is 1. The van der Waals surface area contributed by atoms with E-state index in [9.17, 15) is 0 Å². The van der Waals surface area contributed by atoms with E-state index in [0.717, 1.165) is 28.4 Å². The summed E-state index contributed by atoms with van der Waals surface area (Å²) in [6.45, 7) is 2.97. The molecule has 0 saturated heterocycles. The Labute approximate surface area is 115 Å². The molecule has 4 heteroatoms. The first-order chi connectivity index (χ1) is 8.72. The van der Waals surface area contributed by atoms with Gasteiger partial charge in [-0.25, -0.2) is 4.68 Å². The lowest BCUT2D eigenvalue weighted by molar-refractivity contribution is 0.664. The number of benzene rings is 1. The van der Waals surface area contributed by atoms with Crippen molar-refractivity contribution in [3.63, 3.8) is 0 Å². The Bertz CT molecular complexity index is 558. The summed E-state index contributed by atoms with van der Waals surface area (Å²) in [7, 11) is 0. The Morgan fingerprint density at radius 3 is 3.00 bits per heavy atom. The highest BCUT2D eigenvalue weighted by atomic mass is 79.9. The molecule has 2 aromatic rings. The van der Waals surface area contributed by atoms with Crippen molar-refractivity contribution in [1.29, 1.82) is 0 Å². The van der Waals surface area contributed by atoms with E-state index in [4.69, 9.17) is 0 Å². The molecule has 0 atom stereocenters. The second-order valence-electron chi connectivity index (χ2n) is 4.84. The van der Waals surface area contributed by atoms with Gasteiger partial charge in [-0.2, -0.15) is 5.10 Å². The largest absolute Gasteiger partial charge is 0.308 e. The molecule has 18 heavy (non-hydrogen) atoms. The molecule has 0 unspecified atom stereocenters. The molecule has 1 fully saturated rings. The molecule has 0 aliphatic heterocycles. The quantitative estimate of drug-likeness (QED) is 0.940. The first-order valence-electron chi connectivity index (χ1n) is 6.27. The van der Waals surface area contributed by atoms with Gasteiger partial charge in [0.25, 0.3) is 0 Å². The molecule has 0 bridgehead atoms. The monoisotopic (exact) mass is 305 g/mol. The van der Waals surface area contributed by atoms with Gasteiger partial charge in [-0.1, -0.05) is 22.0 Å². The van der Waals surface area contributed by atoms with Crippen molar-refractivity contribution in [3.05, 3.63) is 46.2 Å². The highest BCUT2D eigenvalue weighted by Gasteiger charge is 2.20. The van der Waals surface area contributed by atoms with E-state index in [1.807, 2.05) is 10.9 Å². The van der Waals surface area contributed by atoms with E-state index in [2.05, 4.69) is 57.5 Å². The van der Waals surface area contributed by atoms with Crippen LogP contribution in [-0.2, 0) is 6.54 Å². The van der Waals surface area contributed by atoms with Crippen molar-refractivity contribution in [1.82, 2.24) is 15.1 Å². The molecule has 0 radical (unpaired) electrons. The second kappa shape index (κ2) is 4.86. The molecule has 1 heterocycles. The number of nitrogens with zero attached hydrogens (tertiary/aromatic N) is 2. The average Bonchev–Trinajstić information content (AvgIpc) is 3.08. The summed E-state index contributed by atoms with van der Waals surface area (Å²) in [6.07, 6.45) is 4.65. The zero-order chi connectivity index (χ0) is 12.5. The third kappa shape index (κ3) is 2.65. The SMILES string of the molecule is Cc1ccc(Br)cc1-n1ccc(CNC2CC2)n1. The Morgan fingerprint density at radius 2 is 2.22 bits per heavy atom. The number of aryl methyl sites for hydroxylation is 1. The molecule has 0 amide bonds. The molecule has 1 aromatic carbocycles. The van der Waals surface area contributed by atoms with Gasteiger partial charge < -0.3 is 5.32 Å². The first kappa shape index (κ1) is 11.9. The molecule has 3 nitrogen and oxygen atoms in total. The third-order valence-electron chi connectivity index (χ3n) is 3.21. The predicted octanol–water partition coefficient (Wildman–Crippen LogP) is 3.20. The Hall–Kier alpha value is -1.13. The zero-order valence-electron chi connectivity index (χ0n) is 10.4. The number of halogens is 1. The minimum atomic E-state index is 0.725. The summed E-state index contributed by atoms with van der Waals surface area (Å²) in [5.74, 6) is 0. The summed E-state index contributed by atoms with van der Waals surface area (Å²) in [5, 5.41) is 8.09. The highest BCUT2D eigenvalue weighted by molar-refractivity contribution is 9.10. The Kier molecular flexibility index (Phi) is 3.22. The van der Waals surface area contributed by atoms with Crippen LogP contribution < -0.4 is 5.32 Å². The first-order valence-corrected chi connectivity index (χ1v) is 7.06. The lowest BCUT2D eigenvalue weighted by atomic mass is 10.2. The van der Waals surface area contributed by atoms with Crippen LogP contribution in [-0.4, -0.2) is 15.8 Å². The van der Waals surface area contributed by atoms with Crippen molar-refractivity contribution in [2.45, 2.75) is 32.4 Å². The summed E-state index contributed by atoms with van der Waals surface area (Å²) in [5.41, 5.74) is 3.45. The summed E-state index contributed by atoms with van der Waals surface area (Å²) >= 11 is 3.50. The van der Waals surface area contributed by atoms with Crippen molar-refractivity contribution >= 4 is 15.9 Å². The molecule has 1 aliphatic rings. The summed E-state index contributed by atoms with van der Waals surface area (Å²) < 4.78 is 3.03. The van der Waals surface area contributed by atoms with Crippen molar-refractivity contribution in [2.75, 3.05) is 0 Å². The fraction of sp³-hybridized carbons (Fsp3) is 0.357. The Morgan fingerprint density at radius 1 is 1.39 bits per heavy atom. The molecule has 1 saturated carbocycles. The Balaban J connectivity index is 1.80. The smallest absolute Gasteiger partial charge is 0.0766 e. The van der Waals surface area contributed by atoms with Gasteiger partial charge in [0.05, 0.1) is 11.4 Å². The molecule has 1 N–H and O–H groups in total. The van der Waals surface area contributed by atoms with E-state index < -0.39 is 0 Å². The zero-order valence-corrected chi connectivity index (χ0v) is 11.9. The molecule has 94 valence electrons. The van der Waals surface area contributed by atoms with E-state index >= 15 is 0 Å². The van der Waals surface area contributed by atoms with Crippen molar-refractivity contribution in [3.8, 4) is 5.69 Å². The molecule has 3 rings (SSSR count). The number of hydrogen-bond acceptors (Lipinski definition) is 2. The van der Waals surface area contributed by atoms with E-state index in [-0.39, 0.29) is 0 Å². The van der Waals surface area contributed by atoms with Crippen LogP contribution in [0.3, 0.4) is 0 Å². The standard InChI is InChI=1S/C14H16BrN3/c1-10-2-3-11(15)8-14(10)18-7-6-13(17-18)9-16-12-4-5-12/h2-3,6-8,12,16H,4-5,9H2,1H3. The van der Waals surface area contributed by atoms with Crippen LogP contribution in [0.2, 0.25) is 0 Å². The van der Waals surface area contributed by atoms with Crippen LogP contribution in [0.1, 0.15) is 24.1 Å².